The van der Waals surface area contributed by atoms with Gasteiger partial charge in [0.15, 0.2) is 0 Å². The van der Waals surface area contributed by atoms with Crippen molar-refractivity contribution in [2.24, 2.45) is 5.92 Å². The summed E-state index contributed by atoms with van der Waals surface area (Å²) in [5, 5.41) is 20.3. The monoisotopic (exact) mass is 284 g/mol. The predicted molar refractivity (Wildman–Crippen MR) is 73.1 cm³/mol. The highest BCUT2D eigenvalue weighted by atomic mass is 16.4. The van der Waals surface area contributed by atoms with Crippen LogP contribution in [0.25, 0.3) is 22.6 Å². The molecular weight excluding hydrogens is 272 g/mol. The quantitative estimate of drug-likeness (QED) is 0.761. The van der Waals surface area contributed by atoms with Crippen molar-refractivity contribution in [3.8, 4) is 11.5 Å². The van der Waals surface area contributed by atoms with Crippen molar-refractivity contribution in [3.63, 3.8) is 0 Å². The summed E-state index contributed by atoms with van der Waals surface area (Å²) in [5.41, 5.74) is 2.02. The molecule has 1 unspecified atom stereocenters. The molecule has 2 aromatic heterocycles. The molecule has 1 aromatic carbocycles. The highest BCUT2D eigenvalue weighted by Gasteiger charge is 2.17. The molecule has 0 aliphatic carbocycles. The third kappa shape index (κ3) is 2.55. The van der Waals surface area contributed by atoms with Crippen LogP contribution in [0.2, 0.25) is 0 Å². The van der Waals surface area contributed by atoms with Gasteiger partial charge in [-0.1, -0.05) is 19.1 Å². The van der Waals surface area contributed by atoms with Crippen LogP contribution in [0, 0.1) is 5.92 Å². The Bertz CT molecular complexity index is 800. The Morgan fingerprint density at radius 2 is 2.10 bits per heavy atom. The van der Waals surface area contributed by atoms with Crippen molar-refractivity contribution < 1.29 is 9.90 Å². The average Bonchev–Trinajstić information content (AvgIpc) is 2.94. The molecule has 0 amide bonds. The van der Waals surface area contributed by atoms with Gasteiger partial charge >= 0.3 is 5.97 Å². The van der Waals surface area contributed by atoms with Crippen LogP contribution >= 0.6 is 0 Å². The number of rotatable bonds is 4. The summed E-state index contributed by atoms with van der Waals surface area (Å²) in [6, 6.07) is 7.47. The van der Waals surface area contributed by atoms with Crippen LogP contribution in [0.4, 0.5) is 0 Å². The van der Waals surface area contributed by atoms with Crippen LogP contribution in [-0.4, -0.2) is 41.3 Å². The van der Waals surface area contributed by atoms with E-state index in [1.807, 2.05) is 24.3 Å². The maximum atomic E-state index is 10.9. The summed E-state index contributed by atoms with van der Waals surface area (Å²) in [5.74, 6) is -1.09. The first-order valence-corrected chi connectivity index (χ1v) is 6.36. The molecule has 0 saturated carbocycles. The van der Waals surface area contributed by atoms with Crippen LogP contribution in [0.15, 0.2) is 30.5 Å². The van der Waals surface area contributed by atoms with Gasteiger partial charge in [0.2, 0.25) is 5.82 Å². The van der Waals surface area contributed by atoms with Crippen molar-refractivity contribution in [2.45, 2.75) is 13.5 Å². The number of fused-ring (bicyclic) bond motifs is 1. The van der Waals surface area contributed by atoms with E-state index in [4.69, 9.17) is 5.11 Å². The molecule has 0 spiro atoms. The fraction of sp³-hybridized carbons (Fsp3) is 0.231. The van der Waals surface area contributed by atoms with Gasteiger partial charge in [-0.2, -0.15) is 0 Å². The summed E-state index contributed by atoms with van der Waals surface area (Å²) in [7, 11) is 0. The minimum absolute atomic E-state index is 0.173. The number of hydrogen-bond donors (Lipinski definition) is 1. The van der Waals surface area contributed by atoms with Gasteiger partial charge in [0.25, 0.3) is 0 Å². The van der Waals surface area contributed by atoms with Crippen molar-refractivity contribution in [1.82, 2.24) is 30.2 Å². The van der Waals surface area contributed by atoms with Gasteiger partial charge in [-0.3, -0.25) is 9.78 Å². The number of benzene rings is 1. The zero-order chi connectivity index (χ0) is 14.8. The van der Waals surface area contributed by atoms with Crippen molar-refractivity contribution in [2.75, 3.05) is 0 Å². The summed E-state index contributed by atoms with van der Waals surface area (Å²) in [4.78, 5) is 19.7. The lowest BCUT2D eigenvalue weighted by Gasteiger charge is -2.07. The summed E-state index contributed by atoms with van der Waals surface area (Å²) < 4.78 is 1.43. The maximum absolute atomic E-state index is 10.9. The molecular formula is C13H12N6O2. The van der Waals surface area contributed by atoms with Crippen LogP contribution in [-0.2, 0) is 11.3 Å². The van der Waals surface area contributed by atoms with E-state index in [1.54, 1.807) is 13.1 Å². The maximum Gasteiger partial charge on any atom is 0.308 e. The zero-order valence-electron chi connectivity index (χ0n) is 11.2. The molecule has 106 valence electrons. The highest BCUT2D eigenvalue weighted by molar-refractivity contribution is 5.75. The average molecular weight is 284 g/mol. The number of carboxylic acid groups (broad SMARTS) is 1. The first-order chi connectivity index (χ1) is 10.1. The molecule has 8 heteroatoms. The van der Waals surface area contributed by atoms with E-state index in [1.165, 1.54) is 4.68 Å². The minimum atomic E-state index is -0.902. The minimum Gasteiger partial charge on any atom is -0.481 e. The van der Waals surface area contributed by atoms with Crippen LogP contribution in [0.3, 0.4) is 0 Å². The number of carboxylic acids is 1. The Morgan fingerprint density at radius 3 is 2.86 bits per heavy atom. The van der Waals surface area contributed by atoms with Gasteiger partial charge in [-0.15, -0.1) is 5.10 Å². The highest BCUT2D eigenvalue weighted by Crippen LogP contribution is 2.17. The lowest BCUT2D eigenvalue weighted by atomic mass is 10.2. The molecule has 1 atom stereocenters. The molecule has 21 heavy (non-hydrogen) atoms. The Kier molecular flexibility index (Phi) is 3.27. The van der Waals surface area contributed by atoms with E-state index in [0.717, 1.165) is 11.0 Å². The summed E-state index contributed by atoms with van der Waals surface area (Å²) in [6.45, 7) is 1.77. The Balaban J connectivity index is 1.99. The van der Waals surface area contributed by atoms with E-state index in [-0.39, 0.29) is 6.54 Å². The van der Waals surface area contributed by atoms with Crippen molar-refractivity contribution in [1.29, 1.82) is 0 Å². The first-order valence-electron chi connectivity index (χ1n) is 6.36. The van der Waals surface area contributed by atoms with E-state index >= 15 is 0 Å². The molecule has 8 nitrogen and oxygen atoms in total. The van der Waals surface area contributed by atoms with Crippen LogP contribution in [0.5, 0.6) is 0 Å². The number of para-hydroxylation sites is 2. The van der Waals surface area contributed by atoms with Crippen LogP contribution in [0.1, 0.15) is 6.92 Å². The van der Waals surface area contributed by atoms with Gasteiger partial charge in [0.1, 0.15) is 5.69 Å². The number of carbonyl (C=O) groups is 1. The predicted octanol–water partition coefficient (Wildman–Crippen LogP) is 1.00. The third-order valence-corrected chi connectivity index (χ3v) is 3.08. The van der Waals surface area contributed by atoms with Gasteiger partial charge in [0, 0.05) is 0 Å². The second-order valence-corrected chi connectivity index (χ2v) is 4.67. The van der Waals surface area contributed by atoms with Crippen molar-refractivity contribution in [3.05, 3.63) is 30.5 Å². The molecule has 0 bridgehead atoms. The molecule has 0 aliphatic heterocycles. The molecule has 0 aliphatic rings. The molecule has 2 heterocycles. The number of aromatic nitrogens is 6. The second kappa shape index (κ2) is 5.23. The van der Waals surface area contributed by atoms with Gasteiger partial charge in [-0.25, -0.2) is 9.67 Å². The van der Waals surface area contributed by atoms with Gasteiger partial charge in [0.05, 0.1) is 29.7 Å². The summed E-state index contributed by atoms with van der Waals surface area (Å²) >= 11 is 0. The smallest absolute Gasteiger partial charge is 0.308 e. The van der Waals surface area contributed by atoms with E-state index < -0.39 is 11.9 Å². The summed E-state index contributed by atoms with van der Waals surface area (Å²) in [6.07, 6.45) is 1.58. The molecule has 0 fully saturated rings. The fourth-order valence-corrected chi connectivity index (χ4v) is 1.91. The normalized spacial score (nSPS) is 12.4. The standard InChI is InChI=1S/C13H12N6O2/c1-8(13(20)21)7-19-12(16-17-18-19)11-6-14-9-4-2-3-5-10(9)15-11/h2-6,8H,7H2,1H3,(H,20,21). The van der Waals surface area contributed by atoms with E-state index in [9.17, 15) is 4.79 Å². The molecule has 1 N–H and O–H groups in total. The molecule has 0 radical (unpaired) electrons. The molecule has 0 saturated heterocycles. The molecule has 3 aromatic rings. The number of tetrazole rings is 1. The van der Waals surface area contributed by atoms with Crippen LogP contribution < -0.4 is 0 Å². The SMILES string of the molecule is CC(Cn1nnnc1-c1cnc2ccccc2n1)C(=O)O. The van der Waals surface area contributed by atoms with Gasteiger partial charge in [-0.05, 0) is 22.6 Å². The first kappa shape index (κ1) is 13.1. The largest absolute Gasteiger partial charge is 0.481 e. The fourth-order valence-electron chi connectivity index (χ4n) is 1.91. The topological polar surface area (TPSA) is 107 Å². The Morgan fingerprint density at radius 1 is 1.33 bits per heavy atom. The number of aliphatic carboxylic acids is 1. The molecule has 3 rings (SSSR count). The lowest BCUT2D eigenvalue weighted by molar-refractivity contribution is -0.141. The van der Waals surface area contributed by atoms with E-state index in [0.29, 0.717) is 11.5 Å². The number of hydrogen-bond acceptors (Lipinski definition) is 6. The Hall–Kier alpha value is -2.90. The zero-order valence-corrected chi connectivity index (χ0v) is 11.2. The van der Waals surface area contributed by atoms with E-state index in [2.05, 4.69) is 25.5 Å². The number of nitrogens with zero attached hydrogens (tertiary/aromatic N) is 6. The van der Waals surface area contributed by atoms with Gasteiger partial charge < -0.3 is 5.11 Å². The van der Waals surface area contributed by atoms with Crippen molar-refractivity contribution >= 4 is 17.0 Å². The Labute approximate surface area is 119 Å². The lowest BCUT2D eigenvalue weighted by Crippen LogP contribution is -2.18. The third-order valence-electron chi connectivity index (χ3n) is 3.08. The second-order valence-electron chi connectivity index (χ2n) is 4.67.